The summed E-state index contributed by atoms with van der Waals surface area (Å²) >= 11 is 12.6. The van der Waals surface area contributed by atoms with Crippen LogP contribution in [0.2, 0.25) is 10.0 Å². The minimum Gasteiger partial charge on any atom is -0.495 e. The van der Waals surface area contributed by atoms with E-state index in [0.717, 1.165) is 46.7 Å². The van der Waals surface area contributed by atoms with Gasteiger partial charge in [-0.15, -0.1) is 0 Å². The number of sulfonamides is 1. The highest BCUT2D eigenvalue weighted by Crippen LogP contribution is 2.35. The van der Waals surface area contributed by atoms with Crippen LogP contribution < -0.4 is 14.4 Å². The molecule has 11 heteroatoms. The number of amides is 2. The maximum atomic E-state index is 14.7. The Hall–Kier alpha value is -4.05. The Morgan fingerprint density at radius 2 is 1.52 bits per heavy atom. The molecule has 1 atom stereocenters. The first-order valence-electron chi connectivity index (χ1n) is 15.9. The molecular weight excluding hydrogens is 669 g/mol. The highest BCUT2D eigenvalue weighted by molar-refractivity contribution is 7.92. The molecule has 4 aromatic rings. The highest BCUT2D eigenvalue weighted by atomic mass is 35.5. The van der Waals surface area contributed by atoms with Crippen molar-refractivity contribution < 1.29 is 22.7 Å². The van der Waals surface area contributed by atoms with Gasteiger partial charge in [-0.3, -0.25) is 13.9 Å². The van der Waals surface area contributed by atoms with Gasteiger partial charge in [-0.25, -0.2) is 8.42 Å². The Labute approximate surface area is 292 Å². The zero-order valence-electron chi connectivity index (χ0n) is 26.9. The van der Waals surface area contributed by atoms with Gasteiger partial charge in [0.1, 0.15) is 18.3 Å². The van der Waals surface area contributed by atoms with Crippen LogP contribution in [0.4, 0.5) is 5.69 Å². The number of methoxy groups -OCH3 is 1. The Kier molecular flexibility index (Phi) is 11.7. The number of nitrogens with one attached hydrogen (secondary N) is 1. The number of hydrogen-bond acceptors (Lipinski definition) is 5. The third-order valence-electron chi connectivity index (χ3n) is 8.54. The molecule has 4 aromatic carbocycles. The Balaban J connectivity index is 1.60. The third kappa shape index (κ3) is 8.69. The van der Waals surface area contributed by atoms with E-state index < -0.39 is 28.5 Å². The van der Waals surface area contributed by atoms with E-state index in [0.29, 0.717) is 5.02 Å². The number of carbonyl (C=O) groups excluding carboxylic acids is 2. The summed E-state index contributed by atoms with van der Waals surface area (Å²) in [6, 6.07) is 26.5. The molecule has 0 heterocycles. The van der Waals surface area contributed by atoms with Crippen molar-refractivity contribution in [2.75, 3.05) is 18.0 Å². The molecule has 1 N–H and O–H groups in total. The first-order chi connectivity index (χ1) is 23.0. The smallest absolute Gasteiger partial charge is 0.264 e. The van der Waals surface area contributed by atoms with Crippen LogP contribution >= 0.6 is 23.2 Å². The molecule has 0 spiro atoms. The average Bonchev–Trinajstić information content (AvgIpc) is 3.59. The van der Waals surface area contributed by atoms with Crippen LogP contribution in [0, 0.1) is 6.92 Å². The van der Waals surface area contributed by atoms with E-state index in [1.807, 2.05) is 37.3 Å². The Morgan fingerprint density at radius 1 is 0.875 bits per heavy atom. The van der Waals surface area contributed by atoms with Crippen LogP contribution in [0.25, 0.3) is 0 Å². The molecule has 1 aliphatic rings. The minimum atomic E-state index is -4.32. The molecule has 8 nitrogen and oxygen atoms in total. The van der Waals surface area contributed by atoms with Gasteiger partial charge in [0.05, 0.1) is 17.7 Å². The Morgan fingerprint density at radius 3 is 2.17 bits per heavy atom. The Bertz CT molecular complexity index is 1810. The first-order valence-corrected chi connectivity index (χ1v) is 18.1. The zero-order valence-corrected chi connectivity index (χ0v) is 29.3. The fourth-order valence-electron chi connectivity index (χ4n) is 5.92. The summed E-state index contributed by atoms with van der Waals surface area (Å²) in [5.74, 6) is -0.654. The predicted octanol–water partition coefficient (Wildman–Crippen LogP) is 7.20. The molecule has 0 radical (unpaired) electrons. The van der Waals surface area contributed by atoms with Gasteiger partial charge in [0.15, 0.2) is 0 Å². The molecule has 1 unspecified atom stereocenters. The number of benzene rings is 4. The second-order valence-electron chi connectivity index (χ2n) is 12.0. The quantitative estimate of drug-likeness (QED) is 0.159. The van der Waals surface area contributed by atoms with E-state index in [-0.39, 0.29) is 46.3 Å². The minimum absolute atomic E-state index is 0.00741. The summed E-state index contributed by atoms with van der Waals surface area (Å²) in [6.45, 7) is 1.27. The van der Waals surface area contributed by atoms with E-state index >= 15 is 0 Å². The van der Waals surface area contributed by atoms with Gasteiger partial charge in [0, 0.05) is 29.1 Å². The van der Waals surface area contributed by atoms with Gasteiger partial charge in [-0.05, 0) is 73.4 Å². The fraction of sp³-hybridized carbons (Fsp3) is 0.297. The van der Waals surface area contributed by atoms with E-state index in [4.69, 9.17) is 27.9 Å². The van der Waals surface area contributed by atoms with Crippen LogP contribution in [0.15, 0.2) is 102 Å². The normalized spacial score (nSPS) is 13.9. The van der Waals surface area contributed by atoms with Crippen molar-refractivity contribution in [2.45, 2.75) is 62.6 Å². The molecule has 0 aromatic heterocycles. The lowest BCUT2D eigenvalue weighted by atomic mass is 10.0. The molecule has 1 aliphatic carbocycles. The number of carbonyl (C=O) groups is 2. The van der Waals surface area contributed by atoms with Crippen LogP contribution in [-0.4, -0.2) is 50.9 Å². The van der Waals surface area contributed by atoms with E-state index in [1.54, 1.807) is 48.5 Å². The molecule has 0 bridgehead atoms. The maximum absolute atomic E-state index is 14.7. The van der Waals surface area contributed by atoms with E-state index in [9.17, 15) is 18.0 Å². The SMILES string of the molecule is COc1ccc(Cl)cc1N(CC(=O)N(Cc1ccc(Cl)cc1)C(Cc1ccccc1)C(=O)NC1CCCC1)S(=O)(=O)c1ccc(C)cc1. The topological polar surface area (TPSA) is 96.0 Å². The summed E-state index contributed by atoms with van der Waals surface area (Å²) in [6.07, 6.45) is 4.01. The van der Waals surface area contributed by atoms with Crippen LogP contribution in [-0.2, 0) is 32.6 Å². The van der Waals surface area contributed by atoms with Crippen molar-refractivity contribution >= 4 is 50.7 Å². The van der Waals surface area contributed by atoms with Crippen molar-refractivity contribution in [3.63, 3.8) is 0 Å². The van der Waals surface area contributed by atoms with Gasteiger partial charge in [0.25, 0.3) is 10.0 Å². The van der Waals surface area contributed by atoms with Gasteiger partial charge >= 0.3 is 0 Å². The lowest BCUT2D eigenvalue weighted by Gasteiger charge is -2.34. The zero-order chi connectivity index (χ0) is 34.3. The van der Waals surface area contributed by atoms with Crippen LogP contribution in [0.5, 0.6) is 5.75 Å². The lowest BCUT2D eigenvalue weighted by molar-refractivity contribution is -0.140. The van der Waals surface area contributed by atoms with Gasteiger partial charge in [-0.1, -0.05) is 96.2 Å². The molecule has 0 aliphatic heterocycles. The van der Waals surface area contributed by atoms with Crippen molar-refractivity contribution in [3.05, 3.63) is 124 Å². The highest BCUT2D eigenvalue weighted by Gasteiger charge is 2.36. The number of nitrogens with zero attached hydrogens (tertiary/aromatic N) is 2. The molecule has 1 saturated carbocycles. The summed E-state index contributed by atoms with van der Waals surface area (Å²) in [5, 5.41) is 3.97. The third-order valence-corrected chi connectivity index (χ3v) is 10.8. The second kappa shape index (κ2) is 15.9. The maximum Gasteiger partial charge on any atom is 0.264 e. The molecule has 5 rings (SSSR count). The summed E-state index contributed by atoms with van der Waals surface area (Å²) < 4.78 is 35.3. The number of aryl methyl sites for hydroxylation is 1. The number of rotatable bonds is 13. The molecule has 48 heavy (non-hydrogen) atoms. The lowest BCUT2D eigenvalue weighted by Crippen LogP contribution is -2.54. The second-order valence-corrected chi connectivity index (χ2v) is 14.7. The molecule has 1 fully saturated rings. The number of hydrogen-bond donors (Lipinski definition) is 1. The molecule has 2 amide bonds. The molecule has 0 saturated heterocycles. The van der Waals surface area contributed by atoms with Crippen LogP contribution in [0.3, 0.4) is 0 Å². The monoisotopic (exact) mass is 707 g/mol. The van der Waals surface area contributed by atoms with E-state index in [2.05, 4.69) is 5.32 Å². The summed E-state index contributed by atoms with van der Waals surface area (Å²) in [7, 11) is -2.90. The predicted molar refractivity (Wildman–Crippen MR) is 190 cm³/mol. The van der Waals surface area contributed by atoms with Gasteiger partial charge in [0.2, 0.25) is 11.8 Å². The summed E-state index contributed by atoms with van der Waals surface area (Å²) in [5.41, 5.74) is 2.56. The molecular formula is C37H39Cl2N3O5S. The van der Waals surface area contributed by atoms with Crippen molar-refractivity contribution in [2.24, 2.45) is 0 Å². The molecule has 252 valence electrons. The van der Waals surface area contributed by atoms with Crippen molar-refractivity contribution in [1.29, 1.82) is 0 Å². The fourth-order valence-corrected chi connectivity index (χ4v) is 7.63. The first kappa shape index (κ1) is 35.3. The van der Waals surface area contributed by atoms with Crippen LogP contribution in [0.1, 0.15) is 42.4 Å². The average molecular weight is 709 g/mol. The van der Waals surface area contributed by atoms with Crippen molar-refractivity contribution in [1.82, 2.24) is 10.2 Å². The number of ether oxygens (including phenoxy) is 1. The van der Waals surface area contributed by atoms with Gasteiger partial charge < -0.3 is 15.0 Å². The van der Waals surface area contributed by atoms with Crippen molar-refractivity contribution in [3.8, 4) is 5.75 Å². The largest absolute Gasteiger partial charge is 0.495 e. The van der Waals surface area contributed by atoms with E-state index in [1.165, 1.54) is 30.2 Å². The summed E-state index contributed by atoms with van der Waals surface area (Å²) in [4.78, 5) is 30.3. The number of halogens is 2. The number of anilines is 1. The standard InChI is InChI=1S/C37H39Cl2N3O5S/c1-26-12-19-32(20-13-26)48(45,46)42(33-23-30(39)18-21-35(33)47-2)25-36(43)41(24-28-14-16-29(38)17-15-28)34(22-27-8-4-3-5-9-27)37(44)40-31-10-6-7-11-31/h3-5,8-9,12-21,23,31,34H,6-7,10-11,22,24-25H2,1-2H3,(H,40,44). The van der Waals surface area contributed by atoms with Gasteiger partial charge in [-0.2, -0.15) is 0 Å².